The Morgan fingerprint density at radius 3 is 2.28 bits per heavy atom. The molecule has 4 aromatic rings. The van der Waals surface area contributed by atoms with Crippen LogP contribution in [0.15, 0.2) is 114 Å². The molecule has 46 heavy (non-hydrogen) atoms. The molecular formula is C37H39N3O5S. The van der Waals surface area contributed by atoms with Gasteiger partial charge in [-0.1, -0.05) is 56.7 Å². The number of hydrogen-bond acceptors (Lipinski definition) is 6. The topological polar surface area (TPSA) is 106 Å². The van der Waals surface area contributed by atoms with E-state index in [0.717, 1.165) is 23.5 Å². The lowest BCUT2D eigenvalue weighted by molar-refractivity contribution is -0.116. The molecule has 0 saturated carbocycles. The molecule has 8 nitrogen and oxygen atoms in total. The predicted molar refractivity (Wildman–Crippen MR) is 185 cm³/mol. The molecule has 0 aliphatic carbocycles. The second kappa shape index (κ2) is 17.5. The van der Waals surface area contributed by atoms with E-state index >= 15 is 0 Å². The third-order valence-electron chi connectivity index (χ3n) is 6.86. The molecule has 4 rings (SSSR count). The summed E-state index contributed by atoms with van der Waals surface area (Å²) in [5, 5.41) is 8.28. The molecule has 0 bridgehead atoms. The van der Waals surface area contributed by atoms with Gasteiger partial charge in [-0.2, -0.15) is 0 Å². The fourth-order valence-electron chi connectivity index (χ4n) is 4.36. The van der Waals surface area contributed by atoms with E-state index in [1.54, 1.807) is 61.7 Å². The molecule has 238 valence electrons. The van der Waals surface area contributed by atoms with Gasteiger partial charge in [0.15, 0.2) is 0 Å². The summed E-state index contributed by atoms with van der Waals surface area (Å²) >= 11 is 1.41. The maximum absolute atomic E-state index is 13.5. The molecule has 9 heteroatoms. The zero-order valence-corrected chi connectivity index (χ0v) is 27.1. The Hall–Kier alpha value is -5.02. The van der Waals surface area contributed by atoms with Crippen LogP contribution in [0.2, 0.25) is 0 Å². The van der Waals surface area contributed by atoms with Crippen molar-refractivity contribution in [3.8, 4) is 11.5 Å². The quantitative estimate of drug-likeness (QED) is 0.0698. The van der Waals surface area contributed by atoms with Crippen molar-refractivity contribution in [2.45, 2.75) is 43.3 Å². The van der Waals surface area contributed by atoms with Gasteiger partial charge in [0.25, 0.3) is 11.8 Å². The van der Waals surface area contributed by atoms with Crippen LogP contribution in [0.5, 0.6) is 11.5 Å². The highest BCUT2D eigenvalue weighted by molar-refractivity contribution is 8.00. The summed E-state index contributed by atoms with van der Waals surface area (Å²) in [4.78, 5) is 40.5. The number of carbonyl (C=O) groups excluding carboxylic acids is 3. The summed E-state index contributed by atoms with van der Waals surface area (Å²) in [7, 11) is 1.56. The second-order valence-corrected chi connectivity index (χ2v) is 11.6. The number of unbranched alkanes of at least 4 members (excludes halogenated alkanes) is 1. The van der Waals surface area contributed by atoms with Crippen LogP contribution >= 0.6 is 11.8 Å². The summed E-state index contributed by atoms with van der Waals surface area (Å²) in [6.07, 6.45) is 4.25. The number of rotatable bonds is 15. The Kier molecular flexibility index (Phi) is 12.9. The van der Waals surface area contributed by atoms with Crippen molar-refractivity contribution in [3.63, 3.8) is 0 Å². The number of methoxy groups -OCH3 is 1. The van der Waals surface area contributed by atoms with E-state index in [2.05, 4.69) is 22.9 Å². The number of carbonyl (C=O) groups is 3. The highest BCUT2D eigenvalue weighted by atomic mass is 32.2. The summed E-state index contributed by atoms with van der Waals surface area (Å²) in [5.41, 5.74) is 2.38. The number of nitrogens with one attached hydrogen (secondary N) is 3. The lowest BCUT2D eigenvalue weighted by Crippen LogP contribution is -2.30. The fraction of sp³-hybridized carbons (Fsp3) is 0.216. The monoisotopic (exact) mass is 637 g/mol. The number of thioether (sulfide) groups is 1. The largest absolute Gasteiger partial charge is 0.497 e. The van der Waals surface area contributed by atoms with E-state index < -0.39 is 11.8 Å². The van der Waals surface area contributed by atoms with Crippen molar-refractivity contribution in [2.75, 3.05) is 24.4 Å². The van der Waals surface area contributed by atoms with Crippen LogP contribution in [0.3, 0.4) is 0 Å². The van der Waals surface area contributed by atoms with Gasteiger partial charge in [-0.25, -0.2) is 0 Å². The van der Waals surface area contributed by atoms with E-state index in [4.69, 9.17) is 9.47 Å². The molecule has 0 saturated heterocycles. The molecule has 0 spiro atoms. The van der Waals surface area contributed by atoms with Gasteiger partial charge in [-0.15, -0.1) is 11.8 Å². The second-order valence-electron chi connectivity index (χ2n) is 10.4. The lowest BCUT2D eigenvalue weighted by atomic mass is 10.1. The summed E-state index contributed by atoms with van der Waals surface area (Å²) in [6.45, 7) is 4.74. The highest BCUT2D eigenvalue weighted by Gasteiger charge is 2.19. The molecule has 0 heterocycles. The molecule has 0 aliphatic heterocycles. The normalized spacial score (nSPS) is 11.7. The minimum atomic E-state index is -0.499. The van der Waals surface area contributed by atoms with E-state index in [1.807, 2.05) is 61.5 Å². The van der Waals surface area contributed by atoms with Gasteiger partial charge in [0.2, 0.25) is 5.91 Å². The van der Waals surface area contributed by atoms with Crippen LogP contribution < -0.4 is 25.4 Å². The van der Waals surface area contributed by atoms with E-state index in [-0.39, 0.29) is 16.9 Å². The third-order valence-corrected chi connectivity index (χ3v) is 8.21. The van der Waals surface area contributed by atoms with Gasteiger partial charge in [-0.3, -0.25) is 14.4 Å². The van der Waals surface area contributed by atoms with E-state index in [9.17, 15) is 14.4 Å². The van der Waals surface area contributed by atoms with Crippen molar-refractivity contribution in [2.24, 2.45) is 0 Å². The zero-order valence-electron chi connectivity index (χ0n) is 26.2. The molecule has 0 aromatic heterocycles. The van der Waals surface area contributed by atoms with Crippen molar-refractivity contribution < 1.29 is 23.9 Å². The van der Waals surface area contributed by atoms with Gasteiger partial charge in [0.05, 0.1) is 19.0 Å². The first-order valence-electron chi connectivity index (χ1n) is 15.2. The number of amides is 3. The first-order valence-corrected chi connectivity index (χ1v) is 16.1. The Labute approximate surface area is 274 Å². The van der Waals surface area contributed by atoms with Gasteiger partial charge in [0, 0.05) is 21.8 Å². The maximum Gasteiger partial charge on any atom is 0.272 e. The summed E-state index contributed by atoms with van der Waals surface area (Å²) in [5.74, 6) is 0.364. The average molecular weight is 638 g/mol. The smallest absolute Gasteiger partial charge is 0.272 e. The molecule has 3 amide bonds. The van der Waals surface area contributed by atoms with Gasteiger partial charge in [-0.05, 0) is 91.2 Å². The van der Waals surface area contributed by atoms with Crippen LogP contribution in [-0.2, 0) is 9.59 Å². The number of benzene rings is 4. The number of hydrogen-bond donors (Lipinski definition) is 3. The fourth-order valence-corrected chi connectivity index (χ4v) is 5.38. The van der Waals surface area contributed by atoms with Crippen LogP contribution in [0.4, 0.5) is 11.4 Å². The molecule has 0 radical (unpaired) electrons. The van der Waals surface area contributed by atoms with Gasteiger partial charge < -0.3 is 25.4 Å². The van der Waals surface area contributed by atoms with Gasteiger partial charge >= 0.3 is 0 Å². The van der Waals surface area contributed by atoms with Crippen LogP contribution in [0, 0.1) is 0 Å². The minimum absolute atomic E-state index is 0.0627. The first-order chi connectivity index (χ1) is 22.4. The average Bonchev–Trinajstić information content (AvgIpc) is 3.08. The van der Waals surface area contributed by atoms with Gasteiger partial charge in [0.1, 0.15) is 17.2 Å². The van der Waals surface area contributed by atoms with Crippen LogP contribution in [-0.4, -0.2) is 36.7 Å². The summed E-state index contributed by atoms with van der Waals surface area (Å²) in [6, 6.07) is 30.5. The van der Waals surface area contributed by atoms with E-state index in [0.29, 0.717) is 41.3 Å². The Morgan fingerprint density at radius 1 is 0.804 bits per heavy atom. The molecular weight excluding hydrogens is 598 g/mol. The zero-order chi connectivity index (χ0) is 32.7. The predicted octanol–water partition coefficient (Wildman–Crippen LogP) is 7.79. The molecule has 3 N–H and O–H groups in total. The molecule has 1 atom stereocenters. The standard InChI is InChI=1S/C37H39N3O5S/c1-4-6-22-45-30-20-18-28(19-21-30)38-37(43)34(5-2)46-32-17-11-15-29(25-32)39-36(42)33(24-26-12-10-16-31(23-26)44-3)40-35(41)27-13-8-7-9-14-27/h7-21,23-25,34H,4-6,22H2,1-3H3,(H,38,43)(H,39,42)(H,40,41)/b33-24-. The SMILES string of the molecule is CCCCOc1ccc(NC(=O)C(CC)Sc2cccc(NC(=O)/C(=C/c3cccc(OC)c3)NC(=O)c3ccccc3)c2)cc1. The van der Waals surface area contributed by atoms with Crippen molar-refractivity contribution in [3.05, 3.63) is 120 Å². The first kappa shape index (κ1) is 33.9. The lowest BCUT2D eigenvalue weighted by Gasteiger charge is -2.16. The van der Waals surface area contributed by atoms with Crippen LogP contribution in [0.1, 0.15) is 49.0 Å². The molecule has 1 unspecified atom stereocenters. The van der Waals surface area contributed by atoms with Crippen molar-refractivity contribution >= 4 is 46.9 Å². The number of ether oxygens (including phenoxy) is 2. The molecule has 0 aliphatic rings. The Bertz CT molecular complexity index is 1640. The Morgan fingerprint density at radius 2 is 1.57 bits per heavy atom. The third kappa shape index (κ3) is 10.3. The minimum Gasteiger partial charge on any atom is -0.497 e. The van der Waals surface area contributed by atoms with Crippen molar-refractivity contribution in [1.82, 2.24) is 5.32 Å². The van der Waals surface area contributed by atoms with E-state index in [1.165, 1.54) is 11.8 Å². The molecule has 4 aromatic carbocycles. The summed E-state index contributed by atoms with van der Waals surface area (Å²) < 4.78 is 11.0. The Balaban J connectivity index is 1.45. The van der Waals surface area contributed by atoms with Crippen molar-refractivity contribution in [1.29, 1.82) is 0 Å². The highest BCUT2D eigenvalue weighted by Crippen LogP contribution is 2.29. The number of anilines is 2. The van der Waals surface area contributed by atoms with Crippen LogP contribution in [0.25, 0.3) is 6.08 Å². The molecule has 0 fully saturated rings. The maximum atomic E-state index is 13.5.